The number of hydrogen-bond donors (Lipinski definition) is 1. The molecule has 0 aromatic heterocycles. The van der Waals surface area contributed by atoms with Gasteiger partial charge in [-0.25, -0.2) is 0 Å². The van der Waals surface area contributed by atoms with Crippen LogP contribution < -0.4 is 0 Å². The van der Waals surface area contributed by atoms with E-state index >= 15 is 0 Å². The predicted molar refractivity (Wildman–Crippen MR) is 86.0 cm³/mol. The van der Waals surface area contributed by atoms with E-state index in [1.807, 2.05) is 6.92 Å². The molecule has 1 aliphatic rings. The summed E-state index contributed by atoms with van der Waals surface area (Å²) < 4.78 is 5.21. The third kappa shape index (κ3) is 4.98. The van der Waals surface area contributed by atoms with Gasteiger partial charge in [-0.05, 0) is 50.4 Å². The zero-order valence-corrected chi connectivity index (χ0v) is 14.6. The average molecular weight is 298 g/mol. The SMILES string of the molecule is CCCC(C(=O)OCC)C1(O)CCCC(C(C)(C)C)CC1. The molecule has 0 saturated heterocycles. The van der Waals surface area contributed by atoms with Gasteiger partial charge < -0.3 is 9.84 Å². The lowest BCUT2D eigenvalue weighted by atomic mass is 9.75. The molecule has 3 unspecified atom stereocenters. The molecule has 3 atom stereocenters. The Bertz CT molecular complexity index is 332. The third-order valence-electron chi connectivity index (χ3n) is 5.11. The molecule has 1 saturated carbocycles. The van der Waals surface area contributed by atoms with Crippen molar-refractivity contribution in [1.29, 1.82) is 0 Å². The monoisotopic (exact) mass is 298 g/mol. The van der Waals surface area contributed by atoms with Gasteiger partial charge in [-0.1, -0.05) is 40.5 Å². The molecular weight excluding hydrogens is 264 g/mol. The Hall–Kier alpha value is -0.570. The van der Waals surface area contributed by atoms with Gasteiger partial charge in [0.2, 0.25) is 0 Å². The summed E-state index contributed by atoms with van der Waals surface area (Å²) in [5, 5.41) is 11.1. The quantitative estimate of drug-likeness (QED) is 0.607. The van der Waals surface area contributed by atoms with Crippen molar-refractivity contribution in [3.05, 3.63) is 0 Å². The summed E-state index contributed by atoms with van der Waals surface area (Å²) in [6.45, 7) is 11.1. The smallest absolute Gasteiger partial charge is 0.311 e. The van der Waals surface area contributed by atoms with Gasteiger partial charge >= 0.3 is 5.97 Å². The van der Waals surface area contributed by atoms with Crippen LogP contribution >= 0.6 is 0 Å². The lowest BCUT2D eigenvalue weighted by Crippen LogP contribution is -2.43. The first-order valence-electron chi connectivity index (χ1n) is 8.63. The van der Waals surface area contributed by atoms with Crippen molar-refractivity contribution in [2.45, 2.75) is 85.2 Å². The lowest BCUT2D eigenvalue weighted by molar-refractivity contribution is -0.160. The Balaban J connectivity index is 2.84. The molecule has 1 rings (SSSR count). The molecule has 0 bridgehead atoms. The summed E-state index contributed by atoms with van der Waals surface area (Å²) in [6.07, 6.45) is 6.21. The highest BCUT2D eigenvalue weighted by Gasteiger charge is 2.43. The second-order valence-corrected chi connectivity index (χ2v) is 7.69. The molecule has 0 radical (unpaired) electrons. The maximum absolute atomic E-state index is 12.2. The van der Waals surface area contributed by atoms with Gasteiger partial charge in [-0.3, -0.25) is 4.79 Å². The van der Waals surface area contributed by atoms with E-state index < -0.39 is 5.60 Å². The number of hydrogen-bond acceptors (Lipinski definition) is 3. The van der Waals surface area contributed by atoms with E-state index in [4.69, 9.17) is 4.74 Å². The highest BCUT2D eigenvalue weighted by atomic mass is 16.5. The summed E-state index contributed by atoms with van der Waals surface area (Å²) in [5.41, 5.74) is -0.600. The van der Waals surface area contributed by atoms with E-state index in [0.29, 0.717) is 12.5 Å². The second-order valence-electron chi connectivity index (χ2n) is 7.69. The molecule has 0 aliphatic heterocycles. The minimum absolute atomic E-state index is 0.212. The van der Waals surface area contributed by atoms with E-state index in [1.54, 1.807) is 0 Å². The number of aliphatic hydroxyl groups is 1. The number of esters is 1. The predicted octanol–water partition coefficient (Wildman–Crippen LogP) is 4.32. The molecule has 124 valence electrons. The van der Waals surface area contributed by atoms with Gasteiger partial charge in [0.15, 0.2) is 0 Å². The summed E-state index contributed by atoms with van der Waals surface area (Å²) >= 11 is 0. The van der Waals surface area contributed by atoms with Crippen LogP contribution in [0.5, 0.6) is 0 Å². The van der Waals surface area contributed by atoms with Crippen LogP contribution in [0.25, 0.3) is 0 Å². The van der Waals surface area contributed by atoms with Gasteiger partial charge in [0.05, 0.1) is 18.1 Å². The molecule has 0 aromatic carbocycles. The fraction of sp³-hybridized carbons (Fsp3) is 0.944. The van der Waals surface area contributed by atoms with Crippen molar-refractivity contribution in [1.82, 2.24) is 0 Å². The van der Waals surface area contributed by atoms with Crippen molar-refractivity contribution in [2.75, 3.05) is 6.61 Å². The van der Waals surface area contributed by atoms with E-state index in [2.05, 4.69) is 27.7 Å². The molecule has 3 nitrogen and oxygen atoms in total. The minimum atomic E-state index is -0.873. The van der Waals surface area contributed by atoms with Gasteiger partial charge in [-0.15, -0.1) is 0 Å². The fourth-order valence-electron chi connectivity index (χ4n) is 3.70. The van der Waals surface area contributed by atoms with Crippen LogP contribution in [0.4, 0.5) is 0 Å². The molecule has 0 aromatic rings. The maximum atomic E-state index is 12.2. The van der Waals surface area contributed by atoms with E-state index in [-0.39, 0.29) is 17.3 Å². The third-order valence-corrected chi connectivity index (χ3v) is 5.11. The Morgan fingerprint density at radius 3 is 2.48 bits per heavy atom. The number of carbonyl (C=O) groups excluding carboxylic acids is 1. The van der Waals surface area contributed by atoms with Crippen LogP contribution in [-0.2, 0) is 9.53 Å². The Morgan fingerprint density at radius 1 is 1.29 bits per heavy atom. The molecule has 1 fully saturated rings. The molecule has 21 heavy (non-hydrogen) atoms. The summed E-state index contributed by atoms with van der Waals surface area (Å²) in [6, 6.07) is 0. The second kappa shape index (κ2) is 7.62. The first kappa shape index (κ1) is 18.5. The van der Waals surface area contributed by atoms with E-state index in [0.717, 1.165) is 44.9 Å². The van der Waals surface area contributed by atoms with Crippen LogP contribution in [0.15, 0.2) is 0 Å². The van der Waals surface area contributed by atoms with Crippen LogP contribution in [0.3, 0.4) is 0 Å². The summed E-state index contributed by atoms with van der Waals surface area (Å²) in [5.74, 6) is 0.0493. The van der Waals surface area contributed by atoms with Crippen molar-refractivity contribution in [3.8, 4) is 0 Å². The molecule has 0 heterocycles. The zero-order chi connectivity index (χ0) is 16.1. The van der Waals surface area contributed by atoms with E-state index in [9.17, 15) is 9.90 Å². The molecule has 1 aliphatic carbocycles. The summed E-state index contributed by atoms with van der Waals surface area (Å²) in [7, 11) is 0. The van der Waals surface area contributed by atoms with Gasteiger partial charge in [-0.2, -0.15) is 0 Å². The van der Waals surface area contributed by atoms with E-state index in [1.165, 1.54) is 0 Å². The first-order valence-corrected chi connectivity index (χ1v) is 8.63. The molecule has 3 heteroatoms. The molecular formula is C18H34O3. The van der Waals surface area contributed by atoms with Crippen molar-refractivity contribution >= 4 is 5.97 Å². The van der Waals surface area contributed by atoms with Crippen LogP contribution in [0.2, 0.25) is 0 Å². The zero-order valence-electron chi connectivity index (χ0n) is 14.6. The van der Waals surface area contributed by atoms with Crippen molar-refractivity contribution in [2.24, 2.45) is 17.3 Å². The van der Waals surface area contributed by atoms with Crippen molar-refractivity contribution in [3.63, 3.8) is 0 Å². The standard InChI is InChI=1S/C18H34O3/c1-6-9-15(16(19)21-7-2)18(20)12-8-10-14(11-13-18)17(3,4)5/h14-15,20H,6-13H2,1-5H3. The number of rotatable bonds is 5. The van der Waals surface area contributed by atoms with Crippen molar-refractivity contribution < 1.29 is 14.6 Å². The highest BCUT2D eigenvalue weighted by molar-refractivity contribution is 5.73. The molecule has 1 N–H and O–H groups in total. The van der Waals surface area contributed by atoms with Crippen LogP contribution in [-0.4, -0.2) is 23.3 Å². The fourth-order valence-corrected chi connectivity index (χ4v) is 3.70. The minimum Gasteiger partial charge on any atom is -0.466 e. The topological polar surface area (TPSA) is 46.5 Å². The maximum Gasteiger partial charge on any atom is 0.311 e. The number of ether oxygens (including phenoxy) is 1. The van der Waals surface area contributed by atoms with Gasteiger partial charge in [0.1, 0.15) is 0 Å². The van der Waals surface area contributed by atoms with Crippen LogP contribution in [0, 0.1) is 17.3 Å². The Kier molecular flexibility index (Phi) is 6.71. The largest absolute Gasteiger partial charge is 0.466 e. The lowest BCUT2D eigenvalue weighted by Gasteiger charge is -2.35. The molecule has 0 amide bonds. The van der Waals surface area contributed by atoms with Gasteiger partial charge in [0.25, 0.3) is 0 Å². The summed E-state index contributed by atoms with van der Waals surface area (Å²) in [4.78, 5) is 12.2. The average Bonchev–Trinajstić information content (AvgIpc) is 2.58. The normalized spacial score (nSPS) is 28.8. The number of carbonyl (C=O) groups is 1. The molecule has 0 spiro atoms. The first-order chi connectivity index (χ1) is 9.74. The highest BCUT2D eigenvalue weighted by Crippen LogP contribution is 2.43. The Morgan fingerprint density at radius 2 is 1.95 bits per heavy atom. The van der Waals surface area contributed by atoms with Gasteiger partial charge in [0, 0.05) is 0 Å². The Labute approximate surface area is 130 Å². The van der Waals surface area contributed by atoms with Crippen LogP contribution in [0.1, 0.15) is 79.6 Å².